The Morgan fingerprint density at radius 3 is 3.05 bits per heavy atom. The van der Waals surface area contributed by atoms with Crippen LogP contribution in [0.15, 0.2) is 24.3 Å². The predicted molar refractivity (Wildman–Crippen MR) is 82.3 cm³/mol. The number of nitrogens with zero attached hydrogens (tertiary/aromatic N) is 1. The van der Waals surface area contributed by atoms with Crippen molar-refractivity contribution < 1.29 is 9.53 Å². The van der Waals surface area contributed by atoms with Crippen molar-refractivity contribution in [3.8, 4) is 0 Å². The fourth-order valence-electron chi connectivity index (χ4n) is 2.19. The molecular formula is C14H22ClN3O2. The van der Waals surface area contributed by atoms with E-state index in [4.69, 9.17) is 10.5 Å². The molecule has 1 heterocycles. The number of nitrogens with two attached hydrogens (primary N) is 1. The van der Waals surface area contributed by atoms with Gasteiger partial charge in [0.15, 0.2) is 0 Å². The number of halogens is 1. The van der Waals surface area contributed by atoms with Crippen molar-refractivity contribution in [3.63, 3.8) is 0 Å². The van der Waals surface area contributed by atoms with E-state index < -0.39 is 0 Å². The van der Waals surface area contributed by atoms with E-state index >= 15 is 0 Å². The summed E-state index contributed by atoms with van der Waals surface area (Å²) >= 11 is 0. The van der Waals surface area contributed by atoms with Gasteiger partial charge in [0.05, 0.1) is 19.3 Å². The van der Waals surface area contributed by atoms with Gasteiger partial charge < -0.3 is 15.8 Å². The van der Waals surface area contributed by atoms with Crippen molar-refractivity contribution in [1.29, 1.82) is 0 Å². The normalized spacial score (nSPS) is 19.2. The van der Waals surface area contributed by atoms with Gasteiger partial charge in [0.1, 0.15) is 0 Å². The third-order valence-electron chi connectivity index (χ3n) is 3.15. The summed E-state index contributed by atoms with van der Waals surface area (Å²) in [7, 11) is 0. The molecule has 0 saturated carbocycles. The number of hydrogen-bond acceptors (Lipinski definition) is 4. The summed E-state index contributed by atoms with van der Waals surface area (Å²) < 4.78 is 5.47. The first-order valence-electron chi connectivity index (χ1n) is 6.58. The number of anilines is 1. The van der Waals surface area contributed by atoms with Gasteiger partial charge in [-0.15, -0.1) is 12.4 Å². The molecule has 1 aromatic carbocycles. The topological polar surface area (TPSA) is 67.6 Å². The second kappa shape index (κ2) is 8.21. The van der Waals surface area contributed by atoms with Crippen molar-refractivity contribution in [2.24, 2.45) is 5.73 Å². The van der Waals surface area contributed by atoms with Crippen molar-refractivity contribution >= 4 is 24.0 Å². The molecule has 2 rings (SSSR count). The Morgan fingerprint density at radius 2 is 2.35 bits per heavy atom. The van der Waals surface area contributed by atoms with Gasteiger partial charge in [0, 0.05) is 25.3 Å². The Labute approximate surface area is 125 Å². The average Bonchev–Trinajstić information content (AvgIpc) is 2.38. The largest absolute Gasteiger partial charge is 0.374 e. The molecule has 6 heteroatoms. The van der Waals surface area contributed by atoms with Crippen molar-refractivity contribution in [3.05, 3.63) is 29.8 Å². The lowest BCUT2D eigenvalue weighted by Crippen LogP contribution is -2.48. The highest BCUT2D eigenvalue weighted by atomic mass is 35.5. The first kappa shape index (κ1) is 16.9. The van der Waals surface area contributed by atoms with Crippen LogP contribution in [0.25, 0.3) is 0 Å². The molecule has 1 atom stereocenters. The zero-order chi connectivity index (χ0) is 13.7. The Balaban J connectivity index is 0.00000200. The van der Waals surface area contributed by atoms with Crippen LogP contribution < -0.4 is 11.1 Å². The first-order chi connectivity index (χ1) is 9.17. The highest BCUT2D eigenvalue weighted by Gasteiger charge is 2.20. The molecule has 1 aromatic rings. The van der Waals surface area contributed by atoms with Gasteiger partial charge in [-0.2, -0.15) is 0 Å². The van der Waals surface area contributed by atoms with Crippen LogP contribution in [0.1, 0.15) is 5.56 Å². The third kappa shape index (κ3) is 5.09. The molecule has 1 fully saturated rings. The van der Waals surface area contributed by atoms with E-state index in [-0.39, 0.29) is 24.4 Å². The smallest absolute Gasteiger partial charge is 0.238 e. The lowest BCUT2D eigenvalue weighted by Gasteiger charge is -2.31. The van der Waals surface area contributed by atoms with Crippen LogP contribution in [0, 0.1) is 6.92 Å². The van der Waals surface area contributed by atoms with E-state index in [2.05, 4.69) is 10.2 Å². The van der Waals surface area contributed by atoms with Crippen LogP contribution in [0.2, 0.25) is 0 Å². The highest BCUT2D eigenvalue weighted by molar-refractivity contribution is 5.92. The van der Waals surface area contributed by atoms with Gasteiger partial charge in [-0.3, -0.25) is 9.69 Å². The maximum Gasteiger partial charge on any atom is 0.238 e. The molecular weight excluding hydrogens is 278 g/mol. The standard InChI is InChI=1S/C14H21N3O2.ClH/c1-11-3-2-4-12(7-11)16-14(18)10-17-5-6-19-13(8-15)9-17;/h2-4,7,13H,5-6,8-10,15H2,1H3,(H,16,18);1H. The van der Waals surface area contributed by atoms with E-state index in [1.165, 1.54) is 0 Å². The second-order valence-electron chi connectivity index (χ2n) is 4.88. The molecule has 1 aliphatic rings. The molecule has 5 nitrogen and oxygen atoms in total. The summed E-state index contributed by atoms with van der Waals surface area (Å²) in [5.74, 6) is 0.00303. The number of nitrogens with one attached hydrogen (secondary N) is 1. The lowest BCUT2D eigenvalue weighted by atomic mass is 10.2. The Bertz CT molecular complexity index is 442. The Morgan fingerprint density at radius 1 is 1.55 bits per heavy atom. The van der Waals surface area contributed by atoms with Crippen LogP contribution in [0.4, 0.5) is 5.69 Å². The molecule has 1 unspecified atom stereocenters. The maximum absolute atomic E-state index is 12.0. The Kier molecular flexibility index (Phi) is 6.95. The van der Waals surface area contributed by atoms with Crippen LogP contribution in [-0.4, -0.2) is 49.7 Å². The number of carbonyl (C=O) groups is 1. The van der Waals surface area contributed by atoms with Crippen molar-refractivity contribution in [1.82, 2.24) is 4.90 Å². The molecule has 0 radical (unpaired) electrons. The summed E-state index contributed by atoms with van der Waals surface area (Å²) in [6.07, 6.45) is 0.0421. The summed E-state index contributed by atoms with van der Waals surface area (Å²) in [6.45, 7) is 5.02. The van der Waals surface area contributed by atoms with Gasteiger partial charge in [0.2, 0.25) is 5.91 Å². The zero-order valence-corrected chi connectivity index (χ0v) is 12.5. The van der Waals surface area contributed by atoms with Gasteiger partial charge in [-0.25, -0.2) is 0 Å². The molecule has 3 N–H and O–H groups in total. The monoisotopic (exact) mass is 299 g/mol. The number of amides is 1. The van der Waals surface area contributed by atoms with Gasteiger partial charge in [0.25, 0.3) is 0 Å². The summed E-state index contributed by atoms with van der Waals surface area (Å²) in [6, 6.07) is 7.79. The number of benzene rings is 1. The molecule has 1 amide bonds. The summed E-state index contributed by atoms with van der Waals surface area (Å²) in [5.41, 5.74) is 7.56. The highest BCUT2D eigenvalue weighted by Crippen LogP contribution is 2.10. The van der Waals surface area contributed by atoms with Crippen LogP contribution in [0.3, 0.4) is 0 Å². The average molecular weight is 300 g/mol. The minimum atomic E-state index is 0. The van der Waals surface area contributed by atoms with Crippen LogP contribution >= 0.6 is 12.4 Å². The fourth-order valence-corrected chi connectivity index (χ4v) is 2.19. The van der Waals surface area contributed by atoms with Crippen LogP contribution in [0.5, 0.6) is 0 Å². The number of hydrogen-bond donors (Lipinski definition) is 2. The zero-order valence-electron chi connectivity index (χ0n) is 11.7. The lowest BCUT2D eigenvalue weighted by molar-refractivity contribution is -0.119. The second-order valence-corrected chi connectivity index (χ2v) is 4.88. The van der Waals surface area contributed by atoms with Gasteiger partial charge in [-0.1, -0.05) is 12.1 Å². The van der Waals surface area contributed by atoms with Crippen LogP contribution in [-0.2, 0) is 9.53 Å². The molecule has 1 saturated heterocycles. The minimum absolute atomic E-state index is 0. The molecule has 0 spiro atoms. The summed E-state index contributed by atoms with van der Waals surface area (Å²) in [4.78, 5) is 14.0. The van der Waals surface area contributed by atoms with E-state index in [1.807, 2.05) is 31.2 Å². The SMILES string of the molecule is Cc1cccc(NC(=O)CN2CCOC(CN)C2)c1.Cl. The van der Waals surface area contributed by atoms with E-state index in [0.717, 1.165) is 24.3 Å². The molecule has 0 aliphatic carbocycles. The van der Waals surface area contributed by atoms with Gasteiger partial charge >= 0.3 is 0 Å². The molecule has 0 bridgehead atoms. The number of morpholine rings is 1. The fraction of sp³-hybridized carbons (Fsp3) is 0.500. The van der Waals surface area contributed by atoms with Crippen molar-refractivity contribution in [2.45, 2.75) is 13.0 Å². The third-order valence-corrected chi connectivity index (χ3v) is 3.15. The number of aryl methyl sites for hydroxylation is 1. The maximum atomic E-state index is 12.0. The molecule has 20 heavy (non-hydrogen) atoms. The predicted octanol–water partition coefficient (Wildman–Crippen LogP) is 1.01. The molecule has 0 aromatic heterocycles. The van der Waals surface area contributed by atoms with E-state index in [0.29, 0.717) is 19.7 Å². The quantitative estimate of drug-likeness (QED) is 0.871. The number of carbonyl (C=O) groups excluding carboxylic acids is 1. The molecule has 112 valence electrons. The molecule has 1 aliphatic heterocycles. The van der Waals surface area contributed by atoms with Gasteiger partial charge in [-0.05, 0) is 24.6 Å². The number of ether oxygens (including phenoxy) is 1. The van der Waals surface area contributed by atoms with Crippen molar-refractivity contribution in [2.75, 3.05) is 38.1 Å². The summed E-state index contributed by atoms with van der Waals surface area (Å²) in [5, 5.41) is 2.91. The van der Waals surface area contributed by atoms with E-state index in [1.54, 1.807) is 0 Å². The Hall–Kier alpha value is -1.14. The van der Waals surface area contributed by atoms with E-state index in [9.17, 15) is 4.79 Å². The first-order valence-corrected chi connectivity index (χ1v) is 6.58. The minimum Gasteiger partial charge on any atom is -0.374 e. The number of rotatable bonds is 4.